The van der Waals surface area contributed by atoms with Crippen LogP contribution in [0.3, 0.4) is 0 Å². The molecule has 1 saturated heterocycles. The molecule has 0 bridgehead atoms. The summed E-state index contributed by atoms with van der Waals surface area (Å²) in [7, 11) is 2.12. The molecule has 1 aliphatic heterocycles. The zero-order valence-electron chi connectivity index (χ0n) is 26.2. The van der Waals surface area contributed by atoms with Crippen LogP contribution in [0.2, 0.25) is 0 Å². The van der Waals surface area contributed by atoms with Gasteiger partial charge in [0, 0.05) is 61.9 Å². The molecular formula is C34H38FN7O4. The van der Waals surface area contributed by atoms with Crippen molar-refractivity contribution in [3.8, 4) is 17.4 Å². The van der Waals surface area contributed by atoms with Gasteiger partial charge in [-0.1, -0.05) is 18.2 Å². The van der Waals surface area contributed by atoms with Crippen molar-refractivity contribution in [2.75, 3.05) is 57.0 Å². The number of aryl methyl sites for hydroxylation is 2. The molecule has 1 fully saturated rings. The van der Waals surface area contributed by atoms with E-state index in [0.717, 1.165) is 50.3 Å². The molecule has 2 amide bonds. The van der Waals surface area contributed by atoms with Crippen LogP contribution in [0.4, 0.5) is 21.7 Å². The lowest BCUT2D eigenvalue weighted by Crippen LogP contribution is -2.44. The van der Waals surface area contributed by atoms with Crippen molar-refractivity contribution in [2.45, 2.75) is 20.3 Å². The second kappa shape index (κ2) is 14.8. The van der Waals surface area contributed by atoms with E-state index in [1.54, 1.807) is 24.3 Å². The number of carbonyl (C=O) groups excluding carboxylic acids is 2. The standard InChI is InChI=1S/C34H38FN7O4/c1-22-6-4-7-23(2)30(22)39-32(44)27-21-37-34(40-33(27)46-26-11-8-24(9-12-26)31(36)43)38-25-10-13-29(28(35)20-25)45-19-5-14-42-17-15-41(3)16-18-42/h4,6-13,20-21H,5,14-19H2,1-3H3,(H2,36,43)(H,39,44)(H,37,38,40). The molecule has 4 aromatic rings. The maximum atomic E-state index is 14.9. The number of rotatable bonds is 12. The van der Waals surface area contributed by atoms with Crippen molar-refractivity contribution in [1.82, 2.24) is 19.8 Å². The number of anilines is 3. The van der Waals surface area contributed by atoms with Crippen LogP contribution in [-0.4, -0.2) is 78.0 Å². The van der Waals surface area contributed by atoms with Crippen molar-refractivity contribution in [2.24, 2.45) is 5.73 Å². The third-order valence-corrected chi connectivity index (χ3v) is 7.73. The molecule has 4 N–H and O–H groups in total. The number of halogens is 1. The molecule has 0 aliphatic carbocycles. The van der Waals surface area contributed by atoms with Crippen LogP contribution in [0.5, 0.6) is 17.4 Å². The lowest BCUT2D eigenvalue weighted by molar-refractivity contribution is 0.0997. The number of nitrogens with zero attached hydrogens (tertiary/aromatic N) is 4. The number of nitrogens with two attached hydrogens (primary N) is 1. The number of ether oxygens (including phenoxy) is 2. The number of nitrogens with one attached hydrogen (secondary N) is 2. The Labute approximate surface area is 267 Å². The number of carbonyl (C=O) groups is 2. The van der Waals surface area contributed by atoms with Crippen LogP contribution < -0.4 is 25.8 Å². The molecule has 0 unspecified atom stereocenters. The number of piperazine rings is 1. The summed E-state index contributed by atoms with van der Waals surface area (Å²) in [6.45, 7) is 9.26. The molecular weight excluding hydrogens is 589 g/mol. The molecule has 0 atom stereocenters. The van der Waals surface area contributed by atoms with E-state index < -0.39 is 17.6 Å². The lowest BCUT2D eigenvalue weighted by atomic mass is 10.1. The second-order valence-electron chi connectivity index (χ2n) is 11.2. The molecule has 0 radical (unpaired) electrons. The molecule has 2 heterocycles. The Hall–Kier alpha value is -5.07. The predicted octanol–water partition coefficient (Wildman–Crippen LogP) is 5.14. The SMILES string of the molecule is Cc1cccc(C)c1NC(=O)c1cnc(Nc2ccc(OCCCN3CCN(C)CC3)c(F)c2)nc1Oc1ccc(C(N)=O)cc1. The van der Waals surface area contributed by atoms with Gasteiger partial charge in [0.1, 0.15) is 11.3 Å². The van der Waals surface area contributed by atoms with E-state index in [1.807, 2.05) is 32.0 Å². The minimum Gasteiger partial charge on any atom is -0.490 e. The van der Waals surface area contributed by atoms with Gasteiger partial charge in [0.2, 0.25) is 17.7 Å². The van der Waals surface area contributed by atoms with Crippen molar-refractivity contribution in [1.29, 1.82) is 0 Å². The van der Waals surface area contributed by atoms with E-state index in [1.165, 1.54) is 24.4 Å². The van der Waals surface area contributed by atoms with Crippen LogP contribution >= 0.6 is 0 Å². The average molecular weight is 628 g/mol. The first-order chi connectivity index (χ1) is 22.2. The second-order valence-corrected chi connectivity index (χ2v) is 11.2. The van der Waals surface area contributed by atoms with Gasteiger partial charge < -0.3 is 35.6 Å². The number of amides is 2. The summed E-state index contributed by atoms with van der Waals surface area (Å²) in [5, 5.41) is 5.89. The number of aromatic nitrogens is 2. The largest absolute Gasteiger partial charge is 0.490 e. The van der Waals surface area contributed by atoms with Crippen LogP contribution in [0.15, 0.2) is 66.9 Å². The van der Waals surface area contributed by atoms with Gasteiger partial charge in [0.25, 0.3) is 5.91 Å². The Morgan fingerprint density at radius 3 is 2.39 bits per heavy atom. The van der Waals surface area contributed by atoms with Gasteiger partial charge >= 0.3 is 0 Å². The summed E-state index contributed by atoms with van der Waals surface area (Å²) in [5.41, 5.74) is 8.56. The van der Waals surface area contributed by atoms with Crippen molar-refractivity contribution < 1.29 is 23.5 Å². The summed E-state index contributed by atoms with van der Waals surface area (Å²) in [5.74, 6) is -1.08. The van der Waals surface area contributed by atoms with Gasteiger partial charge in [0.05, 0.1) is 6.61 Å². The van der Waals surface area contributed by atoms with Gasteiger partial charge in [-0.2, -0.15) is 4.98 Å². The quantitative estimate of drug-likeness (QED) is 0.183. The summed E-state index contributed by atoms with van der Waals surface area (Å²) in [4.78, 5) is 38.3. The van der Waals surface area contributed by atoms with Gasteiger partial charge in [-0.3, -0.25) is 9.59 Å². The average Bonchev–Trinajstić information content (AvgIpc) is 3.03. The van der Waals surface area contributed by atoms with Gasteiger partial charge in [-0.15, -0.1) is 0 Å². The van der Waals surface area contributed by atoms with Crippen molar-refractivity contribution >= 4 is 29.1 Å². The van der Waals surface area contributed by atoms with Gasteiger partial charge in [0.15, 0.2) is 11.6 Å². The molecule has 11 nitrogen and oxygen atoms in total. The normalized spacial score (nSPS) is 13.7. The summed E-state index contributed by atoms with van der Waals surface area (Å²) >= 11 is 0. The molecule has 5 rings (SSSR count). The Kier molecular flexibility index (Phi) is 10.4. The highest BCUT2D eigenvalue weighted by molar-refractivity contribution is 6.06. The topological polar surface area (TPSA) is 135 Å². The lowest BCUT2D eigenvalue weighted by Gasteiger charge is -2.32. The van der Waals surface area contributed by atoms with E-state index in [0.29, 0.717) is 29.3 Å². The Bertz CT molecular complexity index is 1670. The Balaban J connectivity index is 1.29. The van der Waals surface area contributed by atoms with Gasteiger partial charge in [-0.05, 0) is 74.8 Å². The highest BCUT2D eigenvalue weighted by atomic mass is 19.1. The number of benzene rings is 3. The molecule has 3 aromatic carbocycles. The van der Waals surface area contributed by atoms with E-state index in [9.17, 15) is 14.0 Å². The van der Waals surface area contributed by atoms with E-state index in [-0.39, 0.29) is 23.1 Å². The molecule has 1 aromatic heterocycles. The number of primary amides is 1. The zero-order chi connectivity index (χ0) is 32.6. The number of likely N-dealkylation sites (N-methyl/N-ethyl adjacent to an activating group) is 1. The van der Waals surface area contributed by atoms with Crippen LogP contribution in [0.25, 0.3) is 0 Å². The maximum absolute atomic E-state index is 14.9. The monoisotopic (exact) mass is 627 g/mol. The highest BCUT2D eigenvalue weighted by Gasteiger charge is 2.20. The number of para-hydroxylation sites is 1. The third-order valence-electron chi connectivity index (χ3n) is 7.73. The first-order valence-corrected chi connectivity index (χ1v) is 15.1. The highest BCUT2D eigenvalue weighted by Crippen LogP contribution is 2.29. The van der Waals surface area contributed by atoms with Crippen LogP contribution in [0, 0.1) is 19.7 Å². The minimum atomic E-state index is -0.581. The number of hydrogen-bond acceptors (Lipinski definition) is 9. The van der Waals surface area contributed by atoms with E-state index in [4.69, 9.17) is 15.2 Å². The Morgan fingerprint density at radius 2 is 1.72 bits per heavy atom. The summed E-state index contributed by atoms with van der Waals surface area (Å²) < 4.78 is 26.6. The third kappa shape index (κ3) is 8.34. The van der Waals surface area contributed by atoms with Crippen molar-refractivity contribution in [3.05, 3.63) is 94.9 Å². The minimum absolute atomic E-state index is 0.0474. The first kappa shape index (κ1) is 32.3. The molecule has 12 heteroatoms. The number of hydrogen-bond donors (Lipinski definition) is 3. The zero-order valence-corrected chi connectivity index (χ0v) is 26.2. The Morgan fingerprint density at radius 1 is 1.00 bits per heavy atom. The molecule has 46 heavy (non-hydrogen) atoms. The molecule has 240 valence electrons. The fraction of sp³-hybridized carbons (Fsp3) is 0.294. The molecule has 0 spiro atoms. The fourth-order valence-electron chi connectivity index (χ4n) is 5.02. The maximum Gasteiger partial charge on any atom is 0.262 e. The van der Waals surface area contributed by atoms with E-state index in [2.05, 4.69) is 37.4 Å². The van der Waals surface area contributed by atoms with Gasteiger partial charge in [-0.25, -0.2) is 9.37 Å². The smallest absolute Gasteiger partial charge is 0.262 e. The molecule has 1 aliphatic rings. The predicted molar refractivity (Wildman–Crippen MR) is 175 cm³/mol. The molecule has 0 saturated carbocycles. The fourth-order valence-corrected chi connectivity index (χ4v) is 5.02. The van der Waals surface area contributed by atoms with E-state index >= 15 is 0 Å². The summed E-state index contributed by atoms with van der Waals surface area (Å²) in [6, 6.07) is 16.3. The van der Waals surface area contributed by atoms with Crippen LogP contribution in [-0.2, 0) is 0 Å². The first-order valence-electron chi connectivity index (χ1n) is 15.1. The van der Waals surface area contributed by atoms with Crippen molar-refractivity contribution in [3.63, 3.8) is 0 Å². The van der Waals surface area contributed by atoms with Crippen LogP contribution in [0.1, 0.15) is 38.3 Å². The summed E-state index contributed by atoms with van der Waals surface area (Å²) in [6.07, 6.45) is 2.13.